The standard InChI is InChI=1S/C13H17BrO/c1-2-3-4-12(14)10-5-6-13-11(9-10)7-8-15-13/h5-6,9,12H,2-4,7-8H2,1H3. The molecule has 1 aliphatic heterocycles. The van der Waals surface area contributed by atoms with Gasteiger partial charge in [0.1, 0.15) is 5.75 Å². The molecule has 0 fully saturated rings. The van der Waals surface area contributed by atoms with Crippen molar-refractivity contribution in [1.29, 1.82) is 0 Å². The van der Waals surface area contributed by atoms with Gasteiger partial charge in [-0.1, -0.05) is 47.8 Å². The van der Waals surface area contributed by atoms with Crippen molar-refractivity contribution in [1.82, 2.24) is 0 Å². The summed E-state index contributed by atoms with van der Waals surface area (Å²) in [5.41, 5.74) is 2.76. The molecule has 1 aliphatic rings. The van der Waals surface area contributed by atoms with Gasteiger partial charge >= 0.3 is 0 Å². The first-order valence-electron chi connectivity index (χ1n) is 5.71. The minimum absolute atomic E-state index is 0.503. The second-order valence-corrected chi connectivity index (χ2v) is 5.18. The van der Waals surface area contributed by atoms with Crippen LogP contribution in [-0.4, -0.2) is 6.61 Å². The Balaban J connectivity index is 2.08. The largest absolute Gasteiger partial charge is 0.493 e. The molecule has 0 aliphatic carbocycles. The van der Waals surface area contributed by atoms with E-state index in [1.165, 1.54) is 30.4 Å². The molecule has 2 heteroatoms. The Morgan fingerprint density at radius 3 is 3.13 bits per heavy atom. The SMILES string of the molecule is CCCCC(Br)c1ccc2c(c1)CCO2. The van der Waals surface area contributed by atoms with Crippen LogP contribution in [0.4, 0.5) is 0 Å². The zero-order valence-electron chi connectivity index (χ0n) is 9.13. The Bertz CT molecular complexity index is 335. The Morgan fingerprint density at radius 1 is 1.47 bits per heavy atom. The van der Waals surface area contributed by atoms with E-state index in [0.717, 1.165) is 18.8 Å². The highest BCUT2D eigenvalue weighted by molar-refractivity contribution is 9.09. The highest BCUT2D eigenvalue weighted by Gasteiger charge is 2.14. The first kappa shape index (κ1) is 11.0. The molecule has 1 heterocycles. The zero-order valence-corrected chi connectivity index (χ0v) is 10.7. The topological polar surface area (TPSA) is 9.23 Å². The van der Waals surface area contributed by atoms with Crippen LogP contribution in [0.2, 0.25) is 0 Å². The van der Waals surface area contributed by atoms with Crippen LogP contribution in [0.5, 0.6) is 5.75 Å². The first-order valence-corrected chi connectivity index (χ1v) is 6.62. The Labute approximate surface area is 100.0 Å². The zero-order chi connectivity index (χ0) is 10.7. The summed E-state index contributed by atoms with van der Waals surface area (Å²) in [5.74, 6) is 1.08. The third-order valence-corrected chi connectivity index (χ3v) is 3.87. The van der Waals surface area contributed by atoms with Crippen molar-refractivity contribution in [3.63, 3.8) is 0 Å². The lowest BCUT2D eigenvalue weighted by Gasteiger charge is -2.10. The van der Waals surface area contributed by atoms with Crippen LogP contribution in [0.1, 0.15) is 42.1 Å². The minimum Gasteiger partial charge on any atom is -0.493 e. The molecule has 0 radical (unpaired) electrons. The van der Waals surface area contributed by atoms with Crippen molar-refractivity contribution in [2.75, 3.05) is 6.61 Å². The number of hydrogen-bond donors (Lipinski definition) is 0. The molecule has 0 spiro atoms. The lowest BCUT2D eigenvalue weighted by molar-refractivity contribution is 0.357. The van der Waals surface area contributed by atoms with E-state index >= 15 is 0 Å². The predicted molar refractivity (Wildman–Crippen MR) is 66.8 cm³/mol. The number of rotatable bonds is 4. The van der Waals surface area contributed by atoms with Gasteiger partial charge in [0.25, 0.3) is 0 Å². The van der Waals surface area contributed by atoms with Gasteiger partial charge in [-0.3, -0.25) is 0 Å². The van der Waals surface area contributed by atoms with Gasteiger partial charge < -0.3 is 4.74 Å². The number of fused-ring (bicyclic) bond motifs is 1. The summed E-state index contributed by atoms with van der Waals surface area (Å²) >= 11 is 3.75. The Morgan fingerprint density at radius 2 is 2.33 bits per heavy atom. The fourth-order valence-corrected chi connectivity index (χ4v) is 2.56. The van der Waals surface area contributed by atoms with Gasteiger partial charge in [0.2, 0.25) is 0 Å². The molecule has 82 valence electrons. The molecule has 1 unspecified atom stereocenters. The van der Waals surface area contributed by atoms with Crippen LogP contribution in [0.25, 0.3) is 0 Å². The summed E-state index contributed by atoms with van der Waals surface area (Å²) in [7, 11) is 0. The van der Waals surface area contributed by atoms with Crippen LogP contribution < -0.4 is 4.74 Å². The third kappa shape index (κ3) is 2.54. The van der Waals surface area contributed by atoms with Crippen molar-refractivity contribution in [2.24, 2.45) is 0 Å². The number of hydrogen-bond acceptors (Lipinski definition) is 1. The third-order valence-electron chi connectivity index (χ3n) is 2.89. The van der Waals surface area contributed by atoms with E-state index in [0.29, 0.717) is 4.83 Å². The first-order chi connectivity index (χ1) is 7.31. The molecular formula is C13H17BrO. The summed E-state index contributed by atoms with van der Waals surface area (Å²) in [6.45, 7) is 3.08. The van der Waals surface area contributed by atoms with E-state index in [1.54, 1.807) is 0 Å². The number of benzene rings is 1. The van der Waals surface area contributed by atoms with Crippen LogP contribution in [0, 0.1) is 0 Å². The summed E-state index contributed by atoms with van der Waals surface area (Å²) in [4.78, 5) is 0.503. The van der Waals surface area contributed by atoms with Crippen molar-refractivity contribution < 1.29 is 4.74 Å². The predicted octanol–water partition coefficient (Wildman–Crippen LogP) is 4.25. The molecule has 0 bridgehead atoms. The maximum Gasteiger partial charge on any atom is 0.122 e. The maximum atomic E-state index is 5.50. The molecule has 0 saturated carbocycles. The molecule has 1 aromatic rings. The van der Waals surface area contributed by atoms with Gasteiger partial charge in [0.05, 0.1) is 6.61 Å². The van der Waals surface area contributed by atoms with Crippen LogP contribution >= 0.6 is 15.9 Å². The number of halogens is 1. The van der Waals surface area contributed by atoms with Gasteiger partial charge in [-0.15, -0.1) is 0 Å². The lowest BCUT2D eigenvalue weighted by Crippen LogP contribution is -1.91. The van der Waals surface area contributed by atoms with E-state index < -0.39 is 0 Å². The van der Waals surface area contributed by atoms with Crippen molar-refractivity contribution in [3.8, 4) is 5.75 Å². The van der Waals surface area contributed by atoms with Gasteiger partial charge in [-0.25, -0.2) is 0 Å². The number of alkyl halides is 1. The molecule has 1 nitrogen and oxygen atoms in total. The molecule has 15 heavy (non-hydrogen) atoms. The van der Waals surface area contributed by atoms with Crippen molar-refractivity contribution in [3.05, 3.63) is 29.3 Å². The lowest BCUT2D eigenvalue weighted by atomic mass is 10.0. The van der Waals surface area contributed by atoms with Crippen LogP contribution in [0.3, 0.4) is 0 Å². The molecule has 1 aromatic carbocycles. The van der Waals surface area contributed by atoms with E-state index in [9.17, 15) is 0 Å². The highest BCUT2D eigenvalue weighted by Crippen LogP contribution is 2.33. The van der Waals surface area contributed by atoms with Crippen LogP contribution in [-0.2, 0) is 6.42 Å². The molecule has 0 aromatic heterocycles. The second kappa shape index (κ2) is 5.02. The maximum absolute atomic E-state index is 5.50. The van der Waals surface area contributed by atoms with Gasteiger partial charge in [-0.05, 0) is 23.6 Å². The molecule has 1 atom stereocenters. The summed E-state index contributed by atoms with van der Waals surface area (Å²) < 4.78 is 5.50. The van der Waals surface area contributed by atoms with E-state index in [2.05, 4.69) is 41.1 Å². The Hall–Kier alpha value is -0.500. The van der Waals surface area contributed by atoms with Gasteiger partial charge in [-0.2, -0.15) is 0 Å². The minimum atomic E-state index is 0.503. The van der Waals surface area contributed by atoms with Crippen molar-refractivity contribution >= 4 is 15.9 Å². The molecule has 2 rings (SSSR count). The monoisotopic (exact) mass is 268 g/mol. The molecule has 0 amide bonds. The summed E-state index contributed by atoms with van der Waals surface area (Å²) in [6, 6.07) is 6.58. The fraction of sp³-hybridized carbons (Fsp3) is 0.538. The van der Waals surface area contributed by atoms with Gasteiger partial charge in [0.15, 0.2) is 0 Å². The quantitative estimate of drug-likeness (QED) is 0.742. The van der Waals surface area contributed by atoms with E-state index in [1.807, 2.05) is 0 Å². The van der Waals surface area contributed by atoms with Gasteiger partial charge in [0, 0.05) is 11.2 Å². The average molecular weight is 269 g/mol. The number of ether oxygens (including phenoxy) is 1. The van der Waals surface area contributed by atoms with Crippen molar-refractivity contribution in [2.45, 2.75) is 37.4 Å². The summed E-state index contributed by atoms with van der Waals surface area (Å²) in [5, 5.41) is 0. The Kier molecular flexibility index (Phi) is 3.68. The smallest absolute Gasteiger partial charge is 0.122 e. The van der Waals surface area contributed by atoms with Crippen LogP contribution in [0.15, 0.2) is 18.2 Å². The number of unbranched alkanes of at least 4 members (excludes halogenated alkanes) is 1. The summed E-state index contributed by atoms with van der Waals surface area (Å²) in [6.07, 6.45) is 4.83. The molecule has 0 N–H and O–H groups in total. The highest BCUT2D eigenvalue weighted by atomic mass is 79.9. The van der Waals surface area contributed by atoms with E-state index in [-0.39, 0.29) is 0 Å². The van der Waals surface area contributed by atoms with E-state index in [4.69, 9.17) is 4.74 Å². The second-order valence-electron chi connectivity index (χ2n) is 4.08. The normalized spacial score (nSPS) is 15.9. The molecular weight excluding hydrogens is 252 g/mol. The molecule has 0 saturated heterocycles. The fourth-order valence-electron chi connectivity index (χ4n) is 1.95. The average Bonchev–Trinajstić information content (AvgIpc) is 2.72.